The van der Waals surface area contributed by atoms with Gasteiger partial charge in [0.15, 0.2) is 0 Å². The third kappa shape index (κ3) is 4.43. The SMILES string of the molecule is O=C1CCC(=O)N1c1ccc(S(=O)(=O)NC[C@H](O)c2ccc(-c3ccco3)cc2)cc1. The molecule has 1 saturated heterocycles. The summed E-state index contributed by atoms with van der Waals surface area (Å²) in [5.74, 6) is 0.0855. The van der Waals surface area contributed by atoms with Crippen LogP contribution >= 0.6 is 0 Å². The van der Waals surface area contributed by atoms with Crippen molar-refractivity contribution in [3.8, 4) is 11.3 Å². The van der Waals surface area contributed by atoms with Crippen molar-refractivity contribution in [1.82, 2.24) is 4.72 Å². The van der Waals surface area contributed by atoms with Gasteiger partial charge in [0.05, 0.1) is 22.9 Å². The Morgan fingerprint density at radius 3 is 2.19 bits per heavy atom. The molecule has 160 valence electrons. The highest BCUT2D eigenvalue weighted by Gasteiger charge is 2.30. The second kappa shape index (κ2) is 8.46. The maximum absolute atomic E-state index is 12.6. The number of carbonyl (C=O) groups is 2. The van der Waals surface area contributed by atoms with Crippen LogP contribution in [-0.4, -0.2) is 31.9 Å². The third-order valence-corrected chi connectivity index (χ3v) is 6.46. The zero-order valence-corrected chi connectivity index (χ0v) is 17.2. The molecule has 0 spiro atoms. The van der Waals surface area contributed by atoms with Gasteiger partial charge < -0.3 is 9.52 Å². The Labute approximate surface area is 179 Å². The van der Waals surface area contributed by atoms with Crippen LogP contribution in [0.5, 0.6) is 0 Å². The number of imide groups is 1. The molecule has 3 aromatic rings. The number of sulfonamides is 1. The molecule has 1 fully saturated rings. The molecule has 31 heavy (non-hydrogen) atoms. The van der Waals surface area contributed by atoms with Gasteiger partial charge in [-0.15, -0.1) is 0 Å². The van der Waals surface area contributed by atoms with Crippen LogP contribution in [0.2, 0.25) is 0 Å². The smallest absolute Gasteiger partial charge is 0.240 e. The van der Waals surface area contributed by atoms with E-state index in [4.69, 9.17) is 4.42 Å². The fourth-order valence-corrected chi connectivity index (χ4v) is 4.38. The minimum absolute atomic E-state index is 0.0317. The molecule has 1 aliphatic heterocycles. The summed E-state index contributed by atoms with van der Waals surface area (Å²) in [5.41, 5.74) is 1.74. The van der Waals surface area contributed by atoms with Gasteiger partial charge in [0.25, 0.3) is 0 Å². The monoisotopic (exact) mass is 440 g/mol. The van der Waals surface area contributed by atoms with Crippen molar-refractivity contribution in [3.05, 3.63) is 72.5 Å². The van der Waals surface area contributed by atoms with Crippen LogP contribution < -0.4 is 9.62 Å². The third-order valence-electron chi connectivity index (χ3n) is 5.02. The van der Waals surface area contributed by atoms with E-state index in [1.165, 1.54) is 24.3 Å². The Bertz CT molecular complexity index is 1170. The van der Waals surface area contributed by atoms with E-state index < -0.39 is 16.1 Å². The van der Waals surface area contributed by atoms with E-state index in [1.54, 1.807) is 36.6 Å². The number of benzene rings is 2. The topological polar surface area (TPSA) is 117 Å². The molecular formula is C22H20N2O6S. The molecule has 1 aliphatic rings. The fraction of sp³-hybridized carbons (Fsp3) is 0.182. The van der Waals surface area contributed by atoms with Crippen LogP contribution in [0.3, 0.4) is 0 Å². The van der Waals surface area contributed by atoms with Gasteiger partial charge in [-0.25, -0.2) is 13.1 Å². The lowest BCUT2D eigenvalue weighted by Gasteiger charge is -2.15. The molecular weight excluding hydrogens is 420 g/mol. The molecule has 1 atom stereocenters. The zero-order valence-electron chi connectivity index (χ0n) is 16.4. The van der Waals surface area contributed by atoms with Crippen LogP contribution in [0.15, 0.2) is 76.2 Å². The van der Waals surface area contributed by atoms with E-state index >= 15 is 0 Å². The van der Waals surface area contributed by atoms with Gasteiger partial charge in [0, 0.05) is 24.9 Å². The molecule has 2 N–H and O–H groups in total. The zero-order chi connectivity index (χ0) is 22.0. The number of anilines is 1. The highest BCUT2D eigenvalue weighted by atomic mass is 32.2. The molecule has 2 aromatic carbocycles. The van der Waals surface area contributed by atoms with Crippen LogP contribution in [0, 0.1) is 0 Å². The molecule has 0 radical (unpaired) electrons. The van der Waals surface area contributed by atoms with Gasteiger partial charge in [-0.05, 0) is 42.0 Å². The standard InChI is InChI=1S/C22H20N2O6S/c25-19(15-3-5-16(6-4-15)20-2-1-13-30-20)14-23-31(28,29)18-9-7-17(8-10-18)24-21(26)11-12-22(24)27/h1-10,13,19,23,25H,11-12,14H2/t19-/m0/s1. The summed E-state index contributed by atoms with van der Waals surface area (Å²) < 4.78 is 32.8. The Morgan fingerprint density at radius 1 is 0.968 bits per heavy atom. The van der Waals surface area contributed by atoms with Crippen LogP contribution in [0.1, 0.15) is 24.5 Å². The molecule has 2 heterocycles. The van der Waals surface area contributed by atoms with E-state index in [1.807, 2.05) is 6.07 Å². The van der Waals surface area contributed by atoms with E-state index in [0.29, 0.717) is 17.0 Å². The van der Waals surface area contributed by atoms with Gasteiger partial charge >= 0.3 is 0 Å². The fourth-order valence-electron chi connectivity index (χ4n) is 3.34. The van der Waals surface area contributed by atoms with E-state index in [0.717, 1.165) is 10.5 Å². The number of carbonyl (C=O) groups excluding carboxylic acids is 2. The number of nitrogens with one attached hydrogen (secondary N) is 1. The molecule has 0 saturated carbocycles. The van der Waals surface area contributed by atoms with E-state index in [9.17, 15) is 23.1 Å². The number of hydrogen-bond donors (Lipinski definition) is 2. The first-order valence-electron chi connectivity index (χ1n) is 9.62. The van der Waals surface area contributed by atoms with Crippen LogP contribution in [0.4, 0.5) is 5.69 Å². The lowest BCUT2D eigenvalue weighted by molar-refractivity contribution is -0.121. The number of nitrogens with zero attached hydrogens (tertiary/aromatic N) is 1. The Balaban J connectivity index is 1.40. The predicted molar refractivity (Wildman–Crippen MR) is 112 cm³/mol. The first kappa shape index (κ1) is 21.0. The number of aliphatic hydroxyl groups is 1. The molecule has 9 heteroatoms. The molecule has 0 unspecified atom stereocenters. The molecule has 8 nitrogen and oxygen atoms in total. The minimum Gasteiger partial charge on any atom is -0.464 e. The van der Waals surface area contributed by atoms with Crippen molar-refractivity contribution < 1.29 is 27.5 Å². The highest BCUT2D eigenvalue weighted by molar-refractivity contribution is 7.89. The number of furan rings is 1. The lowest BCUT2D eigenvalue weighted by atomic mass is 10.1. The van der Waals surface area contributed by atoms with Crippen LogP contribution in [-0.2, 0) is 19.6 Å². The summed E-state index contributed by atoms with van der Waals surface area (Å²) in [4.78, 5) is 24.6. The molecule has 4 rings (SSSR count). The summed E-state index contributed by atoms with van der Waals surface area (Å²) in [5, 5.41) is 10.4. The maximum atomic E-state index is 12.6. The number of rotatable bonds is 7. The van der Waals surface area contributed by atoms with Gasteiger partial charge in [-0.2, -0.15) is 0 Å². The van der Waals surface area contributed by atoms with Gasteiger partial charge in [-0.1, -0.05) is 24.3 Å². The molecule has 0 bridgehead atoms. The van der Waals surface area contributed by atoms with Crippen LogP contribution in [0.25, 0.3) is 11.3 Å². The van der Waals surface area contributed by atoms with Crippen molar-refractivity contribution in [2.45, 2.75) is 23.8 Å². The largest absolute Gasteiger partial charge is 0.464 e. The average molecular weight is 440 g/mol. The first-order chi connectivity index (χ1) is 14.8. The maximum Gasteiger partial charge on any atom is 0.240 e. The van der Waals surface area contributed by atoms with Gasteiger partial charge in [0.1, 0.15) is 5.76 Å². The average Bonchev–Trinajstić information content (AvgIpc) is 3.42. The number of aliphatic hydroxyl groups excluding tert-OH is 1. The van der Waals surface area contributed by atoms with E-state index in [-0.39, 0.29) is 36.1 Å². The van der Waals surface area contributed by atoms with Crippen molar-refractivity contribution in [2.75, 3.05) is 11.4 Å². The normalized spacial score (nSPS) is 15.5. The van der Waals surface area contributed by atoms with Crippen molar-refractivity contribution in [2.24, 2.45) is 0 Å². The summed E-state index contributed by atoms with van der Waals surface area (Å²) in [6.07, 6.45) is 0.835. The molecule has 0 aliphatic carbocycles. The van der Waals surface area contributed by atoms with Crippen molar-refractivity contribution in [1.29, 1.82) is 0 Å². The summed E-state index contributed by atoms with van der Waals surface area (Å²) in [7, 11) is -3.89. The Morgan fingerprint density at radius 2 is 1.61 bits per heavy atom. The van der Waals surface area contributed by atoms with Gasteiger partial charge in [-0.3, -0.25) is 14.5 Å². The number of amides is 2. The quantitative estimate of drug-likeness (QED) is 0.546. The predicted octanol–water partition coefficient (Wildman–Crippen LogP) is 2.61. The van der Waals surface area contributed by atoms with E-state index in [2.05, 4.69) is 4.72 Å². The Hall–Kier alpha value is -3.27. The Kier molecular flexibility index (Phi) is 5.73. The summed E-state index contributed by atoms with van der Waals surface area (Å²) in [6.45, 7) is -0.215. The molecule has 1 aromatic heterocycles. The molecule has 2 amide bonds. The second-order valence-corrected chi connectivity index (χ2v) is 8.85. The second-order valence-electron chi connectivity index (χ2n) is 7.08. The highest BCUT2D eigenvalue weighted by Crippen LogP contribution is 2.25. The first-order valence-corrected chi connectivity index (χ1v) is 11.1. The minimum atomic E-state index is -3.89. The summed E-state index contributed by atoms with van der Waals surface area (Å²) in [6, 6.07) is 16.0. The lowest BCUT2D eigenvalue weighted by Crippen LogP contribution is -2.29. The number of hydrogen-bond acceptors (Lipinski definition) is 6. The van der Waals surface area contributed by atoms with Crippen molar-refractivity contribution in [3.63, 3.8) is 0 Å². The summed E-state index contributed by atoms with van der Waals surface area (Å²) >= 11 is 0. The van der Waals surface area contributed by atoms with Gasteiger partial charge in [0.2, 0.25) is 21.8 Å². The van der Waals surface area contributed by atoms with Crippen molar-refractivity contribution >= 4 is 27.5 Å².